The molecule has 0 saturated carbocycles. The van der Waals surface area contributed by atoms with Crippen LogP contribution in [0.2, 0.25) is 0 Å². The van der Waals surface area contributed by atoms with Crippen LogP contribution in [0.3, 0.4) is 0 Å². The standard InChI is InChI=1S/C19H15F2N3O2/c1-11-5-6-12-3-2-4-16(18(12)23-11)24-17(25)10-22-19(26)13-7-14(20)9-15(21)8-13/h2-9H,10H2,1H3,(H,22,26)(H,24,25). The molecule has 2 N–H and O–H groups in total. The van der Waals surface area contributed by atoms with Crippen molar-refractivity contribution in [3.63, 3.8) is 0 Å². The molecule has 1 heterocycles. The van der Waals surface area contributed by atoms with Crippen LogP contribution in [0.5, 0.6) is 0 Å². The number of carbonyl (C=O) groups is 2. The second-order valence-electron chi connectivity index (χ2n) is 5.72. The molecule has 2 amide bonds. The van der Waals surface area contributed by atoms with Crippen LogP contribution in [-0.4, -0.2) is 23.3 Å². The summed E-state index contributed by atoms with van der Waals surface area (Å²) in [5, 5.41) is 5.87. The molecule has 0 bridgehead atoms. The molecule has 2 aromatic carbocycles. The summed E-state index contributed by atoms with van der Waals surface area (Å²) in [5.74, 6) is -2.95. The lowest BCUT2D eigenvalue weighted by atomic mass is 10.1. The number of hydrogen-bond acceptors (Lipinski definition) is 3. The monoisotopic (exact) mass is 355 g/mol. The molecular weight excluding hydrogens is 340 g/mol. The SMILES string of the molecule is Cc1ccc2cccc(NC(=O)CNC(=O)c3cc(F)cc(F)c3)c2n1. The van der Waals surface area contributed by atoms with Crippen molar-refractivity contribution in [2.24, 2.45) is 0 Å². The normalized spacial score (nSPS) is 10.6. The number of nitrogens with zero attached hydrogens (tertiary/aromatic N) is 1. The van der Waals surface area contributed by atoms with Gasteiger partial charge in [-0.25, -0.2) is 8.78 Å². The molecule has 0 fully saturated rings. The zero-order valence-corrected chi connectivity index (χ0v) is 13.8. The molecule has 0 radical (unpaired) electrons. The number of halogens is 2. The average Bonchev–Trinajstić information content (AvgIpc) is 2.59. The number of pyridine rings is 1. The van der Waals surface area contributed by atoms with Crippen LogP contribution in [0.4, 0.5) is 14.5 Å². The molecular formula is C19H15F2N3O2. The van der Waals surface area contributed by atoms with Crippen molar-refractivity contribution in [3.8, 4) is 0 Å². The number of amides is 2. The highest BCUT2D eigenvalue weighted by Gasteiger charge is 2.12. The molecule has 0 saturated heterocycles. The van der Waals surface area contributed by atoms with E-state index < -0.39 is 23.4 Å². The third-order valence-electron chi connectivity index (χ3n) is 3.67. The van der Waals surface area contributed by atoms with Gasteiger partial charge in [0.25, 0.3) is 5.91 Å². The van der Waals surface area contributed by atoms with E-state index in [-0.39, 0.29) is 12.1 Å². The number of para-hydroxylation sites is 1. The Bertz CT molecular complexity index is 985. The summed E-state index contributed by atoms with van der Waals surface area (Å²) in [7, 11) is 0. The summed E-state index contributed by atoms with van der Waals surface area (Å²) in [6.45, 7) is 1.50. The summed E-state index contributed by atoms with van der Waals surface area (Å²) >= 11 is 0. The van der Waals surface area contributed by atoms with Gasteiger partial charge in [-0.15, -0.1) is 0 Å². The maximum absolute atomic E-state index is 13.1. The van der Waals surface area contributed by atoms with Crippen LogP contribution in [-0.2, 0) is 4.79 Å². The van der Waals surface area contributed by atoms with Gasteiger partial charge in [0, 0.05) is 22.7 Å². The summed E-state index contributed by atoms with van der Waals surface area (Å²) in [6, 6.07) is 11.6. The maximum atomic E-state index is 13.1. The molecule has 5 nitrogen and oxygen atoms in total. The molecule has 1 aromatic heterocycles. The minimum Gasteiger partial charge on any atom is -0.343 e. The van der Waals surface area contributed by atoms with Crippen molar-refractivity contribution in [2.45, 2.75) is 6.92 Å². The van der Waals surface area contributed by atoms with Crippen LogP contribution in [0, 0.1) is 18.6 Å². The van der Waals surface area contributed by atoms with E-state index in [9.17, 15) is 18.4 Å². The van der Waals surface area contributed by atoms with Gasteiger partial charge in [-0.05, 0) is 31.2 Å². The number of carbonyl (C=O) groups excluding carboxylic acids is 2. The molecule has 0 spiro atoms. The number of aromatic nitrogens is 1. The van der Waals surface area contributed by atoms with E-state index in [2.05, 4.69) is 15.6 Å². The van der Waals surface area contributed by atoms with Crippen LogP contribution >= 0.6 is 0 Å². The summed E-state index contributed by atoms with van der Waals surface area (Å²) in [6.07, 6.45) is 0. The van der Waals surface area contributed by atoms with Crippen LogP contribution in [0.25, 0.3) is 10.9 Å². The third-order valence-corrected chi connectivity index (χ3v) is 3.67. The Morgan fingerprint density at radius 1 is 1.04 bits per heavy atom. The Kier molecular flexibility index (Phi) is 4.88. The van der Waals surface area contributed by atoms with E-state index in [1.165, 1.54) is 0 Å². The van der Waals surface area contributed by atoms with Gasteiger partial charge in [-0.1, -0.05) is 18.2 Å². The van der Waals surface area contributed by atoms with Crippen molar-refractivity contribution in [1.29, 1.82) is 0 Å². The van der Waals surface area contributed by atoms with E-state index >= 15 is 0 Å². The predicted molar refractivity (Wildman–Crippen MR) is 93.8 cm³/mol. The number of benzene rings is 2. The fourth-order valence-corrected chi connectivity index (χ4v) is 2.49. The fourth-order valence-electron chi connectivity index (χ4n) is 2.49. The lowest BCUT2D eigenvalue weighted by Crippen LogP contribution is -2.33. The first-order chi connectivity index (χ1) is 12.4. The molecule has 0 aliphatic heterocycles. The highest BCUT2D eigenvalue weighted by Crippen LogP contribution is 2.21. The van der Waals surface area contributed by atoms with Crippen LogP contribution in [0.1, 0.15) is 16.1 Å². The number of anilines is 1. The fraction of sp³-hybridized carbons (Fsp3) is 0.105. The van der Waals surface area contributed by atoms with E-state index in [0.717, 1.165) is 23.2 Å². The zero-order chi connectivity index (χ0) is 18.7. The van der Waals surface area contributed by atoms with Gasteiger partial charge in [-0.2, -0.15) is 0 Å². The highest BCUT2D eigenvalue weighted by molar-refractivity contribution is 6.03. The van der Waals surface area contributed by atoms with Gasteiger partial charge in [0.15, 0.2) is 0 Å². The summed E-state index contributed by atoms with van der Waals surface area (Å²) < 4.78 is 26.3. The van der Waals surface area contributed by atoms with Gasteiger partial charge < -0.3 is 10.6 Å². The molecule has 7 heteroatoms. The summed E-state index contributed by atoms with van der Waals surface area (Å²) in [4.78, 5) is 28.4. The van der Waals surface area contributed by atoms with Crippen molar-refractivity contribution in [3.05, 3.63) is 71.4 Å². The zero-order valence-electron chi connectivity index (χ0n) is 13.8. The topological polar surface area (TPSA) is 71.1 Å². The van der Waals surface area contributed by atoms with Crippen LogP contribution < -0.4 is 10.6 Å². The first-order valence-electron chi connectivity index (χ1n) is 7.83. The lowest BCUT2D eigenvalue weighted by molar-refractivity contribution is -0.115. The highest BCUT2D eigenvalue weighted by atomic mass is 19.1. The van der Waals surface area contributed by atoms with E-state index in [4.69, 9.17) is 0 Å². The van der Waals surface area contributed by atoms with Crippen molar-refractivity contribution < 1.29 is 18.4 Å². The second-order valence-corrected chi connectivity index (χ2v) is 5.72. The molecule has 3 aromatic rings. The van der Waals surface area contributed by atoms with Crippen molar-refractivity contribution >= 4 is 28.4 Å². The smallest absolute Gasteiger partial charge is 0.251 e. The molecule has 0 aliphatic rings. The Hall–Kier alpha value is -3.35. The van der Waals surface area contributed by atoms with Gasteiger partial charge >= 0.3 is 0 Å². The third kappa shape index (κ3) is 4.00. The van der Waals surface area contributed by atoms with Gasteiger partial charge in [0.1, 0.15) is 11.6 Å². The van der Waals surface area contributed by atoms with E-state index in [1.807, 2.05) is 25.1 Å². The predicted octanol–water partition coefficient (Wildman–Crippen LogP) is 3.19. The summed E-state index contributed by atoms with van der Waals surface area (Å²) in [5.41, 5.74) is 1.76. The molecule has 3 rings (SSSR count). The molecule has 0 aliphatic carbocycles. The maximum Gasteiger partial charge on any atom is 0.251 e. The second kappa shape index (κ2) is 7.26. The number of aryl methyl sites for hydroxylation is 1. The Morgan fingerprint density at radius 3 is 2.50 bits per heavy atom. The molecule has 0 unspecified atom stereocenters. The Balaban J connectivity index is 1.68. The van der Waals surface area contributed by atoms with Gasteiger partial charge in [0.2, 0.25) is 5.91 Å². The molecule has 132 valence electrons. The number of rotatable bonds is 4. The number of fused-ring (bicyclic) bond motifs is 1. The van der Waals surface area contributed by atoms with Crippen LogP contribution in [0.15, 0.2) is 48.5 Å². The molecule has 0 atom stereocenters. The number of nitrogens with one attached hydrogen (secondary N) is 2. The largest absolute Gasteiger partial charge is 0.343 e. The van der Waals surface area contributed by atoms with Crippen molar-refractivity contribution in [1.82, 2.24) is 10.3 Å². The van der Waals surface area contributed by atoms with Gasteiger partial charge in [-0.3, -0.25) is 14.6 Å². The Labute approximate surface area is 148 Å². The lowest BCUT2D eigenvalue weighted by Gasteiger charge is -2.10. The average molecular weight is 355 g/mol. The minimum atomic E-state index is -0.864. The van der Waals surface area contributed by atoms with E-state index in [0.29, 0.717) is 17.3 Å². The minimum absolute atomic E-state index is 0.197. The van der Waals surface area contributed by atoms with Gasteiger partial charge in [0.05, 0.1) is 17.7 Å². The Morgan fingerprint density at radius 2 is 1.77 bits per heavy atom. The first-order valence-corrected chi connectivity index (χ1v) is 7.83. The first kappa shape index (κ1) is 17.5. The van der Waals surface area contributed by atoms with Crippen molar-refractivity contribution in [2.75, 3.05) is 11.9 Å². The molecule has 26 heavy (non-hydrogen) atoms. The number of hydrogen-bond donors (Lipinski definition) is 2. The van der Waals surface area contributed by atoms with E-state index in [1.54, 1.807) is 12.1 Å². The quantitative estimate of drug-likeness (QED) is 0.755.